The van der Waals surface area contributed by atoms with E-state index >= 15 is 0 Å². The number of ether oxygens (including phenoxy) is 1. The van der Waals surface area contributed by atoms with Crippen LogP contribution in [-0.4, -0.2) is 17.7 Å². The minimum absolute atomic E-state index is 0.0103. The maximum Gasteiger partial charge on any atom is 0.339 e. The van der Waals surface area contributed by atoms with Crippen molar-refractivity contribution >= 4 is 5.97 Å². The standard InChI is InChI=1S/C11H10FNO3/c1-2-16-11(15)10-7(5-13)3-4-9(12)8(10)6-14/h3-4,14H,2,6H2,1H3. The second-order valence-corrected chi connectivity index (χ2v) is 2.94. The Balaban J connectivity index is 3.37. The zero-order chi connectivity index (χ0) is 12.1. The number of halogens is 1. The van der Waals surface area contributed by atoms with E-state index in [1.165, 1.54) is 6.07 Å². The van der Waals surface area contributed by atoms with E-state index in [-0.39, 0.29) is 23.3 Å². The van der Waals surface area contributed by atoms with Crippen LogP contribution in [0.1, 0.15) is 28.4 Å². The van der Waals surface area contributed by atoms with Crippen LogP contribution in [0, 0.1) is 17.1 Å². The van der Waals surface area contributed by atoms with E-state index in [0.717, 1.165) is 6.07 Å². The second-order valence-electron chi connectivity index (χ2n) is 2.94. The molecule has 16 heavy (non-hydrogen) atoms. The Kier molecular flexibility index (Phi) is 3.97. The molecule has 0 aliphatic rings. The highest BCUT2D eigenvalue weighted by atomic mass is 19.1. The van der Waals surface area contributed by atoms with Gasteiger partial charge in [-0.2, -0.15) is 5.26 Å². The summed E-state index contributed by atoms with van der Waals surface area (Å²) in [5.41, 5.74) is -0.423. The van der Waals surface area contributed by atoms with Crippen LogP contribution >= 0.6 is 0 Å². The van der Waals surface area contributed by atoms with Gasteiger partial charge in [-0.25, -0.2) is 9.18 Å². The number of rotatable bonds is 3. The SMILES string of the molecule is CCOC(=O)c1c(C#N)ccc(F)c1CO. The molecule has 0 saturated heterocycles. The zero-order valence-electron chi connectivity index (χ0n) is 8.66. The average molecular weight is 223 g/mol. The molecule has 4 nitrogen and oxygen atoms in total. The van der Waals surface area contributed by atoms with E-state index < -0.39 is 18.4 Å². The molecule has 0 unspecified atom stereocenters. The van der Waals surface area contributed by atoms with E-state index in [2.05, 4.69) is 0 Å². The Bertz CT molecular complexity index is 451. The summed E-state index contributed by atoms with van der Waals surface area (Å²) in [5, 5.41) is 17.8. The Morgan fingerprint density at radius 3 is 2.81 bits per heavy atom. The zero-order valence-corrected chi connectivity index (χ0v) is 8.66. The monoisotopic (exact) mass is 223 g/mol. The van der Waals surface area contributed by atoms with E-state index in [4.69, 9.17) is 15.1 Å². The summed E-state index contributed by atoms with van der Waals surface area (Å²) in [6.45, 7) is 1.06. The van der Waals surface area contributed by atoms with Gasteiger partial charge in [0.15, 0.2) is 0 Å². The van der Waals surface area contributed by atoms with Gasteiger partial charge in [-0.3, -0.25) is 0 Å². The molecule has 0 atom stereocenters. The number of hydrogen-bond donors (Lipinski definition) is 1. The molecule has 1 aromatic rings. The van der Waals surface area contributed by atoms with Crippen molar-refractivity contribution in [1.29, 1.82) is 5.26 Å². The molecule has 0 aromatic heterocycles. The lowest BCUT2D eigenvalue weighted by molar-refractivity contribution is 0.0521. The molecule has 0 spiro atoms. The Labute approximate surface area is 91.9 Å². The summed E-state index contributed by atoms with van der Waals surface area (Å²) < 4.78 is 18.0. The highest BCUT2D eigenvalue weighted by Crippen LogP contribution is 2.19. The Morgan fingerprint density at radius 1 is 1.62 bits per heavy atom. The quantitative estimate of drug-likeness (QED) is 0.785. The highest BCUT2D eigenvalue weighted by molar-refractivity contribution is 5.93. The fraction of sp³-hybridized carbons (Fsp3) is 0.273. The van der Waals surface area contributed by atoms with Crippen molar-refractivity contribution in [3.63, 3.8) is 0 Å². The van der Waals surface area contributed by atoms with Crippen LogP contribution in [0.5, 0.6) is 0 Å². The molecule has 5 heteroatoms. The van der Waals surface area contributed by atoms with Crippen LogP contribution < -0.4 is 0 Å². The number of aliphatic hydroxyl groups is 1. The van der Waals surface area contributed by atoms with Crippen molar-refractivity contribution in [2.75, 3.05) is 6.61 Å². The molecular weight excluding hydrogens is 213 g/mol. The molecule has 0 heterocycles. The second kappa shape index (κ2) is 5.24. The number of nitrogens with zero attached hydrogens (tertiary/aromatic N) is 1. The third kappa shape index (κ3) is 2.18. The van der Waals surface area contributed by atoms with Gasteiger partial charge in [0.2, 0.25) is 0 Å². The molecule has 0 saturated carbocycles. The van der Waals surface area contributed by atoms with Gasteiger partial charge in [0.25, 0.3) is 0 Å². The van der Waals surface area contributed by atoms with E-state index in [1.807, 2.05) is 0 Å². The third-order valence-corrected chi connectivity index (χ3v) is 2.01. The normalized spacial score (nSPS) is 9.62. The number of esters is 1. The first-order valence-corrected chi connectivity index (χ1v) is 4.65. The summed E-state index contributed by atoms with van der Waals surface area (Å²) in [7, 11) is 0. The van der Waals surface area contributed by atoms with E-state index in [9.17, 15) is 9.18 Å². The minimum atomic E-state index is -0.803. The summed E-state index contributed by atoms with van der Waals surface area (Å²) >= 11 is 0. The third-order valence-electron chi connectivity index (χ3n) is 2.01. The fourth-order valence-corrected chi connectivity index (χ4v) is 1.31. The van der Waals surface area contributed by atoms with Gasteiger partial charge >= 0.3 is 5.97 Å². The van der Waals surface area contributed by atoms with Crippen molar-refractivity contribution in [3.8, 4) is 6.07 Å². The molecule has 84 valence electrons. The number of nitriles is 1. The Hall–Kier alpha value is -1.93. The van der Waals surface area contributed by atoms with Crippen molar-refractivity contribution < 1.29 is 19.0 Å². The lowest BCUT2D eigenvalue weighted by atomic mass is 10.0. The van der Waals surface area contributed by atoms with E-state index in [0.29, 0.717) is 0 Å². The molecular formula is C11H10FNO3. The minimum Gasteiger partial charge on any atom is -0.462 e. The molecule has 0 fully saturated rings. The van der Waals surface area contributed by atoms with Crippen LogP contribution in [0.4, 0.5) is 4.39 Å². The van der Waals surface area contributed by atoms with Crippen molar-refractivity contribution in [3.05, 3.63) is 34.6 Å². The molecule has 0 amide bonds. The van der Waals surface area contributed by atoms with Gasteiger partial charge in [-0.15, -0.1) is 0 Å². The first-order valence-electron chi connectivity index (χ1n) is 4.65. The van der Waals surface area contributed by atoms with Gasteiger partial charge < -0.3 is 9.84 Å². The maximum atomic E-state index is 13.3. The molecule has 1 aromatic carbocycles. The Morgan fingerprint density at radius 2 is 2.31 bits per heavy atom. The number of aliphatic hydroxyl groups excluding tert-OH is 1. The van der Waals surface area contributed by atoms with Gasteiger partial charge in [0.05, 0.1) is 24.3 Å². The lowest BCUT2D eigenvalue weighted by Crippen LogP contribution is -2.12. The average Bonchev–Trinajstić information content (AvgIpc) is 2.28. The molecule has 0 aliphatic heterocycles. The van der Waals surface area contributed by atoms with Crippen molar-refractivity contribution in [2.45, 2.75) is 13.5 Å². The molecule has 1 rings (SSSR count). The molecule has 0 aliphatic carbocycles. The van der Waals surface area contributed by atoms with Gasteiger partial charge in [0.1, 0.15) is 11.9 Å². The number of carbonyl (C=O) groups excluding carboxylic acids is 1. The van der Waals surface area contributed by atoms with Gasteiger partial charge in [0, 0.05) is 5.56 Å². The number of carbonyl (C=O) groups is 1. The van der Waals surface area contributed by atoms with E-state index in [1.54, 1.807) is 13.0 Å². The van der Waals surface area contributed by atoms with Crippen LogP contribution in [-0.2, 0) is 11.3 Å². The maximum absolute atomic E-state index is 13.3. The van der Waals surface area contributed by atoms with Crippen LogP contribution in [0.2, 0.25) is 0 Å². The van der Waals surface area contributed by atoms with Crippen molar-refractivity contribution in [2.24, 2.45) is 0 Å². The molecule has 0 radical (unpaired) electrons. The highest BCUT2D eigenvalue weighted by Gasteiger charge is 2.20. The summed E-state index contributed by atoms with van der Waals surface area (Å²) in [4.78, 5) is 11.5. The van der Waals surface area contributed by atoms with Gasteiger partial charge in [-0.1, -0.05) is 0 Å². The van der Waals surface area contributed by atoms with Crippen molar-refractivity contribution in [1.82, 2.24) is 0 Å². The topological polar surface area (TPSA) is 70.3 Å². The fourth-order valence-electron chi connectivity index (χ4n) is 1.31. The summed E-state index contributed by atoms with van der Waals surface area (Å²) in [6, 6.07) is 3.97. The van der Waals surface area contributed by atoms with Crippen LogP contribution in [0.25, 0.3) is 0 Å². The van der Waals surface area contributed by atoms with Crippen LogP contribution in [0.15, 0.2) is 12.1 Å². The summed E-state index contributed by atoms with van der Waals surface area (Å²) in [6.07, 6.45) is 0. The largest absolute Gasteiger partial charge is 0.462 e. The molecule has 1 N–H and O–H groups in total. The smallest absolute Gasteiger partial charge is 0.339 e. The number of benzene rings is 1. The molecule has 0 bridgehead atoms. The predicted molar refractivity (Wildman–Crippen MR) is 53.0 cm³/mol. The van der Waals surface area contributed by atoms with Crippen LogP contribution in [0.3, 0.4) is 0 Å². The first kappa shape index (κ1) is 12.1. The lowest BCUT2D eigenvalue weighted by Gasteiger charge is -2.09. The summed E-state index contributed by atoms with van der Waals surface area (Å²) in [5.74, 6) is -1.54. The number of hydrogen-bond acceptors (Lipinski definition) is 4. The first-order chi connectivity index (χ1) is 7.65. The van der Waals surface area contributed by atoms with Gasteiger partial charge in [-0.05, 0) is 19.1 Å². The predicted octanol–water partition coefficient (Wildman–Crippen LogP) is 1.37.